The van der Waals surface area contributed by atoms with E-state index in [1.165, 1.54) is 94.6 Å². The number of methoxy groups -OCH3 is 1. The van der Waals surface area contributed by atoms with Crippen molar-refractivity contribution in [2.45, 2.75) is 207 Å². The molecule has 8 fully saturated rings. The van der Waals surface area contributed by atoms with Crippen LogP contribution in [-0.2, 0) is 27.1 Å². The molecule has 0 aromatic heterocycles. The number of fused-ring (bicyclic) bond motifs is 5. The molecule has 9 rings (SSSR count). The Morgan fingerprint density at radius 1 is 0.803 bits per heavy atom. The van der Waals surface area contributed by atoms with Gasteiger partial charge in [0.2, 0.25) is 0 Å². The highest BCUT2D eigenvalue weighted by atomic mass is 16.6. The van der Waals surface area contributed by atoms with Gasteiger partial charge in [0, 0.05) is 30.3 Å². The highest BCUT2D eigenvalue weighted by Crippen LogP contribution is 2.88. The van der Waals surface area contributed by atoms with Crippen molar-refractivity contribution in [3.05, 3.63) is 35.4 Å². The molecule has 1 aromatic carbocycles. The molecule has 0 unspecified atom stereocenters. The van der Waals surface area contributed by atoms with Gasteiger partial charge in [-0.2, -0.15) is 0 Å². The Labute approximate surface area is 370 Å². The van der Waals surface area contributed by atoms with Crippen LogP contribution in [0.5, 0.6) is 0 Å². The van der Waals surface area contributed by atoms with Gasteiger partial charge in [-0.3, -0.25) is 4.79 Å². The number of ether oxygens (including phenoxy) is 2. The number of carboxylic acid groups (broad SMARTS) is 1. The van der Waals surface area contributed by atoms with Crippen LogP contribution in [0.2, 0.25) is 0 Å². The van der Waals surface area contributed by atoms with Crippen LogP contribution < -0.4 is 0 Å². The molecule has 1 heterocycles. The van der Waals surface area contributed by atoms with E-state index in [4.69, 9.17) is 9.47 Å². The summed E-state index contributed by atoms with van der Waals surface area (Å²) in [6.07, 6.45) is 28.3. The lowest BCUT2D eigenvalue weighted by Crippen LogP contribution is -2.79. The topological polar surface area (TPSA) is 96.2 Å². The summed E-state index contributed by atoms with van der Waals surface area (Å²) in [6, 6.07) is 9.07. The van der Waals surface area contributed by atoms with Crippen LogP contribution in [0.25, 0.3) is 0 Å². The van der Waals surface area contributed by atoms with Gasteiger partial charge in [-0.15, -0.1) is 0 Å². The maximum absolute atomic E-state index is 13.2. The molecule has 7 aliphatic carbocycles. The summed E-state index contributed by atoms with van der Waals surface area (Å²) < 4.78 is 12.7. The normalized spacial score (nSPS) is 47.6. The Morgan fingerprint density at radius 2 is 1.52 bits per heavy atom. The van der Waals surface area contributed by atoms with E-state index in [9.17, 15) is 20.1 Å². The van der Waals surface area contributed by atoms with Crippen molar-refractivity contribution in [1.29, 1.82) is 0 Å². The number of benzene rings is 1. The molecule has 6 nitrogen and oxygen atoms in total. The Hall–Kier alpha value is -1.47. The van der Waals surface area contributed by atoms with Gasteiger partial charge in [-0.05, 0) is 159 Å². The van der Waals surface area contributed by atoms with Crippen molar-refractivity contribution >= 4 is 5.97 Å². The predicted octanol–water partition coefficient (Wildman–Crippen LogP) is 12.4. The molecular formula is C55H86O6. The molecular weight excluding hydrogens is 757 g/mol. The highest BCUT2D eigenvalue weighted by Gasteiger charge is 2.86. The molecule has 3 N–H and O–H groups in total. The van der Waals surface area contributed by atoms with Crippen LogP contribution in [0.1, 0.15) is 193 Å². The van der Waals surface area contributed by atoms with Crippen molar-refractivity contribution in [3.63, 3.8) is 0 Å². The summed E-state index contributed by atoms with van der Waals surface area (Å²) in [5.41, 5.74) is 1.39. The average Bonchev–Trinajstić information content (AvgIpc) is 3.40. The Balaban J connectivity index is 1.12. The number of aliphatic carboxylic acids is 1. The number of carbonyl (C=O) groups is 1. The summed E-state index contributed by atoms with van der Waals surface area (Å²) in [4.78, 5) is 13.2. The number of hydrogen-bond donors (Lipinski definition) is 3. The van der Waals surface area contributed by atoms with Gasteiger partial charge in [0.1, 0.15) is 0 Å². The standard InChI is InChI=1S/C55H86O6/c1-7-14-44-53-27-24-43-50(4)31-30-48(2)28-29-49(3,47(57)58)36-45(48)52(50,26-13-9-12-17-38-15-10-8-11-16-38)34-41-22-23-42(54(53,37-56)51(41,43)5)35-55(44,59)61-46(53)33-40-20-18-39(19-21-40)25-32-60-6/h18-21,38,41-46,56,59H,7-17,22-37H2,1-6H3,(H,57,58)/t41-,42+,43-,44-,45-,46+,48-,49-,50-,51-,52+,53-,54+,55+/m1/s1. The smallest absolute Gasteiger partial charge is 0.309 e. The third-order valence-corrected chi connectivity index (χ3v) is 22.4. The zero-order valence-corrected chi connectivity index (χ0v) is 39.5. The minimum absolute atomic E-state index is 0.00354. The fourth-order valence-electron chi connectivity index (χ4n) is 19.5. The summed E-state index contributed by atoms with van der Waals surface area (Å²) in [7, 11) is 1.76. The van der Waals surface area contributed by atoms with Crippen molar-refractivity contribution in [2.75, 3.05) is 20.3 Å². The largest absolute Gasteiger partial charge is 0.481 e. The first kappa shape index (κ1) is 44.7. The number of hydrogen-bond acceptors (Lipinski definition) is 5. The monoisotopic (exact) mass is 843 g/mol. The van der Waals surface area contributed by atoms with Crippen molar-refractivity contribution in [2.24, 2.45) is 73.4 Å². The Bertz CT molecular complexity index is 1740. The van der Waals surface area contributed by atoms with Crippen LogP contribution in [0.4, 0.5) is 0 Å². The third kappa shape index (κ3) is 6.36. The van der Waals surface area contributed by atoms with Crippen molar-refractivity contribution in [3.8, 4) is 0 Å². The van der Waals surface area contributed by atoms with Crippen molar-refractivity contribution < 1.29 is 29.6 Å². The average molecular weight is 843 g/mol. The van der Waals surface area contributed by atoms with E-state index in [0.717, 1.165) is 76.5 Å². The number of unbranched alkanes of at least 4 members (excludes halogenated alkanes) is 2. The molecule has 1 aromatic rings. The van der Waals surface area contributed by atoms with Gasteiger partial charge in [0.15, 0.2) is 5.79 Å². The van der Waals surface area contributed by atoms with Crippen molar-refractivity contribution in [1.82, 2.24) is 0 Å². The molecule has 1 saturated heterocycles. The molecule has 0 radical (unpaired) electrons. The maximum atomic E-state index is 13.2. The van der Waals surface area contributed by atoms with Crippen LogP contribution >= 0.6 is 0 Å². The molecule has 1 spiro atoms. The fourth-order valence-corrected chi connectivity index (χ4v) is 19.5. The summed E-state index contributed by atoms with van der Waals surface area (Å²) >= 11 is 0. The second kappa shape index (κ2) is 16.1. The molecule has 6 heteroatoms. The van der Waals surface area contributed by atoms with Gasteiger partial charge in [-0.25, -0.2) is 0 Å². The Kier molecular flexibility index (Phi) is 11.8. The van der Waals surface area contributed by atoms with Gasteiger partial charge >= 0.3 is 5.97 Å². The molecule has 1 aliphatic heterocycles. The van der Waals surface area contributed by atoms with E-state index >= 15 is 0 Å². The molecule has 342 valence electrons. The van der Waals surface area contributed by atoms with E-state index in [0.29, 0.717) is 30.8 Å². The first-order valence-electron chi connectivity index (χ1n) is 26.0. The lowest BCUT2D eigenvalue weighted by Gasteiger charge is -2.82. The van der Waals surface area contributed by atoms with E-state index in [1.54, 1.807) is 7.11 Å². The first-order chi connectivity index (χ1) is 29.2. The van der Waals surface area contributed by atoms with Gasteiger partial charge in [-0.1, -0.05) is 116 Å². The minimum atomic E-state index is -1.16. The third-order valence-electron chi connectivity index (χ3n) is 22.4. The molecule has 14 atom stereocenters. The number of aliphatic hydroxyl groups excluding tert-OH is 1. The number of carboxylic acids is 1. The van der Waals surface area contributed by atoms with Gasteiger partial charge < -0.3 is 24.8 Å². The predicted molar refractivity (Wildman–Crippen MR) is 243 cm³/mol. The summed E-state index contributed by atoms with van der Waals surface area (Å²) in [5.74, 6) is 0.705. The summed E-state index contributed by atoms with van der Waals surface area (Å²) in [5, 5.41) is 36.5. The van der Waals surface area contributed by atoms with Crippen LogP contribution in [0, 0.1) is 73.4 Å². The fraction of sp³-hybridized carbons (Fsp3) is 0.873. The van der Waals surface area contributed by atoms with E-state index < -0.39 is 17.2 Å². The van der Waals surface area contributed by atoms with Crippen LogP contribution in [-0.4, -0.2) is 53.5 Å². The van der Waals surface area contributed by atoms with E-state index in [2.05, 4.69) is 58.9 Å². The quantitative estimate of drug-likeness (QED) is 0.152. The minimum Gasteiger partial charge on any atom is -0.481 e. The van der Waals surface area contributed by atoms with Gasteiger partial charge in [0.25, 0.3) is 0 Å². The molecule has 8 aliphatic rings. The summed E-state index contributed by atoms with van der Waals surface area (Å²) in [6.45, 7) is 13.3. The SMILES string of the molecule is CCC[C@@H]1[C@]23CC[C@H]4[C@@]5(C)[C@H](CC[C@@H](C[C@]1(O)O[C@H]2Cc1ccc(CCOC)cc1)[C@@]53CO)C[C@@]1(CCCCCC2CCCCC2)[C@@H]2C[C@](C)(C(=O)O)CC[C@]2(C)CC[C@]41C. The molecule has 2 bridgehead atoms. The second-order valence-electron chi connectivity index (χ2n) is 24.4. The van der Waals surface area contributed by atoms with E-state index in [-0.39, 0.29) is 57.0 Å². The number of aliphatic hydroxyl groups is 2. The first-order valence-corrected chi connectivity index (χ1v) is 26.0. The maximum Gasteiger partial charge on any atom is 0.309 e. The van der Waals surface area contributed by atoms with Crippen LogP contribution in [0.15, 0.2) is 24.3 Å². The zero-order chi connectivity index (χ0) is 43.1. The van der Waals surface area contributed by atoms with Gasteiger partial charge in [0.05, 0.1) is 24.7 Å². The molecule has 7 saturated carbocycles. The lowest BCUT2D eigenvalue weighted by molar-refractivity contribution is -0.360. The number of rotatable bonds is 15. The van der Waals surface area contributed by atoms with Crippen LogP contribution in [0.3, 0.4) is 0 Å². The molecule has 0 amide bonds. The lowest BCUT2D eigenvalue weighted by atomic mass is 9.21. The molecule has 61 heavy (non-hydrogen) atoms. The highest BCUT2D eigenvalue weighted by molar-refractivity contribution is 5.74. The Morgan fingerprint density at radius 3 is 2.23 bits per heavy atom. The zero-order valence-electron chi connectivity index (χ0n) is 39.5. The second-order valence-corrected chi connectivity index (χ2v) is 24.4. The van der Waals surface area contributed by atoms with E-state index in [1.807, 2.05) is 0 Å².